The van der Waals surface area contributed by atoms with E-state index < -0.39 is 11.5 Å². The van der Waals surface area contributed by atoms with Gasteiger partial charge in [-0.3, -0.25) is 4.79 Å². The van der Waals surface area contributed by atoms with Gasteiger partial charge in [-0.25, -0.2) is 4.79 Å². The molecule has 24 heavy (non-hydrogen) atoms. The van der Waals surface area contributed by atoms with E-state index in [9.17, 15) is 19.8 Å². The first-order chi connectivity index (χ1) is 11.5. The number of aromatic hydroxyl groups is 2. The smallest absolute Gasteiger partial charge is 0.360 e. The third-order valence-corrected chi connectivity index (χ3v) is 3.32. The van der Waals surface area contributed by atoms with Gasteiger partial charge in [-0.15, -0.1) is 0 Å². The largest absolute Gasteiger partial charge is 0.508 e. The van der Waals surface area contributed by atoms with Crippen molar-refractivity contribution in [2.24, 2.45) is 0 Å². The van der Waals surface area contributed by atoms with Crippen LogP contribution in [0.2, 0.25) is 0 Å². The summed E-state index contributed by atoms with van der Waals surface area (Å²) >= 11 is 0. The van der Waals surface area contributed by atoms with E-state index in [0.717, 1.165) is 6.08 Å². The van der Waals surface area contributed by atoms with Crippen molar-refractivity contribution in [1.29, 1.82) is 0 Å². The minimum Gasteiger partial charge on any atom is -0.508 e. The Morgan fingerprint density at radius 2 is 1.88 bits per heavy atom. The third-order valence-electron chi connectivity index (χ3n) is 3.32. The Morgan fingerprint density at radius 1 is 1.08 bits per heavy atom. The molecule has 3 aromatic rings. The van der Waals surface area contributed by atoms with Crippen LogP contribution in [0.5, 0.6) is 11.5 Å². The molecule has 3 N–H and O–H groups in total. The minimum absolute atomic E-state index is 0.0171. The average Bonchev–Trinajstić information content (AvgIpc) is 2.56. The molecule has 1 aromatic heterocycles. The molecule has 0 spiro atoms. The molecule has 0 radical (unpaired) electrons. The first-order valence-corrected chi connectivity index (χ1v) is 7.07. The molecule has 0 aliphatic carbocycles. The van der Waals surface area contributed by atoms with E-state index in [-0.39, 0.29) is 22.7 Å². The molecule has 6 nitrogen and oxygen atoms in total. The summed E-state index contributed by atoms with van der Waals surface area (Å²) in [6, 6.07) is 12.4. The number of carbonyl (C=O) groups is 1. The Balaban J connectivity index is 1.82. The van der Waals surface area contributed by atoms with Crippen LogP contribution in [0.15, 0.2) is 63.8 Å². The second kappa shape index (κ2) is 6.29. The van der Waals surface area contributed by atoms with E-state index >= 15 is 0 Å². The summed E-state index contributed by atoms with van der Waals surface area (Å²) in [7, 11) is 0. The molecule has 1 amide bonds. The van der Waals surface area contributed by atoms with Crippen LogP contribution in [0.4, 0.5) is 5.69 Å². The lowest BCUT2D eigenvalue weighted by molar-refractivity contribution is -0.111. The molecule has 3 rings (SSSR count). The zero-order valence-electron chi connectivity index (χ0n) is 12.4. The summed E-state index contributed by atoms with van der Waals surface area (Å²) in [6.07, 6.45) is 2.47. The number of phenols is 2. The number of phenolic OH excluding ortho intramolecular Hbond substituents is 2. The lowest BCUT2D eigenvalue weighted by Crippen LogP contribution is -2.15. The molecule has 6 heteroatoms. The zero-order chi connectivity index (χ0) is 17.1. The maximum Gasteiger partial charge on any atom is 0.360 e. The molecule has 0 unspecified atom stereocenters. The number of para-hydroxylation sites is 1. The van der Waals surface area contributed by atoms with Gasteiger partial charge in [-0.05, 0) is 36.4 Å². The van der Waals surface area contributed by atoms with Crippen molar-refractivity contribution in [3.8, 4) is 11.5 Å². The predicted molar refractivity (Wildman–Crippen MR) is 89.9 cm³/mol. The van der Waals surface area contributed by atoms with Crippen molar-refractivity contribution in [1.82, 2.24) is 0 Å². The van der Waals surface area contributed by atoms with Crippen LogP contribution in [0.3, 0.4) is 0 Å². The number of fused-ring (bicyclic) bond motifs is 1. The van der Waals surface area contributed by atoms with Crippen molar-refractivity contribution >= 4 is 28.6 Å². The molecule has 1 heterocycles. The van der Waals surface area contributed by atoms with E-state index in [0.29, 0.717) is 11.0 Å². The van der Waals surface area contributed by atoms with Crippen LogP contribution in [0.25, 0.3) is 17.0 Å². The zero-order valence-corrected chi connectivity index (χ0v) is 12.4. The van der Waals surface area contributed by atoms with Crippen molar-refractivity contribution in [3.63, 3.8) is 0 Å². The van der Waals surface area contributed by atoms with Gasteiger partial charge in [0.25, 0.3) is 0 Å². The van der Waals surface area contributed by atoms with Crippen LogP contribution in [0.1, 0.15) is 5.56 Å². The Kier molecular flexibility index (Phi) is 4.03. The fraction of sp³-hybridized carbons (Fsp3) is 0. The van der Waals surface area contributed by atoms with Crippen molar-refractivity contribution in [2.45, 2.75) is 0 Å². The van der Waals surface area contributed by atoms with E-state index in [1.807, 2.05) is 0 Å². The number of hydrogen-bond acceptors (Lipinski definition) is 5. The SMILES string of the molecule is O=C(/C=C/c1cc(O)ccc1O)Nc1cc2ccccc2oc1=O. The molecule has 0 saturated carbocycles. The van der Waals surface area contributed by atoms with Crippen LogP contribution in [-0.4, -0.2) is 16.1 Å². The van der Waals surface area contributed by atoms with Gasteiger partial charge in [0.05, 0.1) is 0 Å². The predicted octanol–water partition coefficient (Wildman–Crippen LogP) is 2.86. The number of anilines is 1. The van der Waals surface area contributed by atoms with Gasteiger partial charge < -0.3 is 19.9 Å². The van der Waals surface area contributed by atoms with Gasteiger partial charge in [-0.2, -0.15) is 0 Å². The van der Waals surface area contributed by atoms with Crippen molar-refractivity contribution in [3.05, 3.63) is 70.6 Å². The number of carbonyl (C=O) groups excluding carboxylic acids is 1. The van der Waals surface area contributed by atoms with Gasteiger partial charge in [0.2, 0.25) is 5.91 Å². The number of benzene rings is 2. The Hall–Kier alpha value is -3.54. The van der Waals surface area contributed by atoms with Crippen LogP contribution >= 0.6 is 0 Å². The number of amides is 1. The molecule has 120 valence electrons. The normalized spacial score (nSPS) is 11.0. The summed E-state index contributed by atoms with van der Waals surface area (Å²) in [5, 5.41) is 22.1. The van der Waals surface area contributed by atoms with E-state index in [1.165, 1.54) is 30.3 Å². The first-order valence-electron chi connectivity index (χ1n) is 7.07. The monoisotopic (exact) mass is 323 g/mol. The fourth-order valence-electron chi connectivity index (χ4n) is 2.16. The summed E-state index contributed by atoms with van der Waals surface area (Å²) in [4.78, 5) is 23.8. The molecule has 0 aliphatic rings. The highest BCUT2D eigenvalue weighted by Gasteiger charge is 2.07. The van der Waals surface area contributed by atoms with Crippen LogP contribution in [0, 0.1) is 0 Å². The summed E-state index contributed by atoms with van der Waals surface area (Å²) < 4.78 is 5.12. The second-order valence-corrected chi connectivity index (χ2v) is 5.05. The molecular weight excluding hydrogens is 310 g/mol. The van der Waals surface area contributed by atoms with Gasteiger partial charge in [0.1, 0.15) is 22.8 Å². The first kappa shape index (κ1) is 15.4. The quantitative estimate of drug-likeness (QED) is 0.391. The molecule has 0 atom stereocenters. The van der Waals surface area contributed by atoms with Crippen molar-refractivity contribution < 1.29 is 19.4 Å². The third kappa shape index (κ3) is 3.27. The van der Waals surface area contributed by atoms with Gasteiger partial charge >= 0.3 is 5.63 Å². The topological polar surface area (TPSA) is 99.8 Å². The van der Waals surface area contributed by atoms with E-state index in [2.05, 4.69) is 5.32 Å². The molecular formula is C18H13NO5. The lowest BCUT2D eigenvalue weighted by Gasteiger charge is -2.03. The molecule has 0 saturated heterocycles. The minimum atomic E-state index is -0.657. The Labute approximate surface area is 136 Å². The summed E-state index contributed by atoms with van der Waals surface area (Å²) in [6.45, 7) is 0. The summed E-state index contributed by atoms with van der Waals surface area (Å²) in [5.41, 5.74) is 0.0653. The lowest BCUT2D eigenvalue weighted by atomic mass is 10.1. The van der Waals surface area contributed by atoms with Crippen LogP contribution in [-0.2, 0) is 4.79 Å². The maximum absolute atomic E-state index is 11.9. The van der Waals surface area contributed by atoms with Gasteiger partial charge in [-0.1, -0.05) is 18.2 Å². The standard InChI is InChI=1S/C18H13NO5/c20-13-6-7-15(21)11(9-13)5-8-17(22)19-14-10-12-3-1-2-4-16(12)24-18(14)23/h1-10,20-21H,(H,19,22)/b8-5+. The molecule has 0 bridgehead atoms. The Morgan fingerprint density at radius 3 is 2.71 bits per heavy atom. The number of nitrogens with one attached hydrogen (secondary N) is 1. The molecule has 2 aromatic carbocycles. The molecule has 0 aliphatic heterocycles. The Bertz CT molecular complexity index is 1000. The summed E-state index contributed by atoms with van der Waals surface area (Å²) in [5.74, 6) is -0.689. The van der Waals surface area contributed by atoms with Crippen molar-refractivity contribution in [2.75, 3.05) is 5.32 Å². The van der Waals surface area contributed by atoms with Crippen LogP contribution < -0.4 is 10.9 Å². The second-order valence-electron chi connectivity index (χ2n) is 5.05. The highest BCUT2D eigenvalue weighted by molar-refractivity contribution is 6.02. The van der Waals surface area contributed by atoms with E-state index in [4.69, 9.17) is 4.42 Å². The van der Waals surface area contributed by atoms with E-state index in [1.54, 1.807) is 24.3 Å². The number of rotatable bonds is 3. The van der Waals surface area contributed by atoms with Gasteiger partial charge in [0, 0.05) is 17.0 Å². The average molecular weight is 323 g/mol. The highest BCUT2D eigenvalue weighted by Crippen LogP contribution is 2.23. The maximum atomic E-state index is 11.9. The molecule has 0 fully saturated rings. The fourth-order valence-corrected chi connectivity index (χ4v) is 2.16. The number of hydrogen-bond donors (Lipinski definition) is 3. The highest BCUT2D eigenvalue weighted by atomic mass is 16.4. The van der Waals surface area contributed by atoms with Gasteiger partial charge in [0.15, 0.2) is 0 Å².